The van der Waals surface area contributed by atoms with E-state index in [4.69, 9.17) is 9.15 Å². The fourth-order valence-corrected chi connectivity index (χ4v) is 2.61. The third-order valence-corrected chi connectivity index (χ3v) is 3.98. The number of nitrogens with one attached hydrogen (secondary N) is 2. The number of aliphatic imine (C=N–C) groups is 1. The molecule has 3 aromatic rings. The van der Waals surface area contributed by atoms with Gasteiger partial charge in [-0.1, -0.05) is 24.3 Å². The van der Waals surface area contributed by atoms with Gasteiger partial charge in [-0.25, -0.2) is 15.0 Å². The molecule has 0 aliphatic heterocycles. The molecule has 1 aromatic carbocycles. The van der Waals surface area contributed by atoms with Gasteiger partial charge < -0.3 is 19.8 Å². The van der Waals surface area contributed by atoms with Crippen molar-refractivity contribution in [1.29, 1.82) is 0 Å². The number of ether oxygens (including phenoxy) is 1. The van der Waals surface area contributed by atoms with Crippen molar-refractivity contribution in [2.24, 2.45) is 4.99 Å². The second-order valence-electron chi connectivity index (χ2n) is 6.43. The molecule has 0 unspecified atom stereocenters. The van der Waals surface area contributed by atoms with Crippen LogP contribution in [0.3, 0.4) is 0 Å². The van der Waals surface area contributed by atoms with E-state index in [1.165, 1.54) is 6.20 Å². The number of pyridine rings is 1. The largest absolute Gasteiger partial charge is 0.468 e. The smallest absolute Gasteiger partial charge is 0.422 e. The fourth-order valence-electron chi connectivity index (χ4n) is 2.61. The van der Waals surface area contributed by atoms with Crippen LogP contribution in [0.15, 0.2) is 64.3 Å². The number of aromatic nitrogens is 2. The summed E-state index contributed by atoms with van der Waals surface area (Å²) in [5, 5.41) is 6.20. The number of guanidine groups is 1. The van der Waals surface area contributed by atoms with Crippen LogP contribution in [0.1, 0.15) is 18.2 Å². The normalized spacial score (nSPS) is 11.9. The number of benzene rings is 1. The van der Waals surface area contributed by atoms with Gasteiger partial charge in [0, 0.05) is 23.9 Å². The second kappa shape index (κ2) is 10.5. The molecule has 0 aliphatic carbocycles. The number of rotatable bonds is 8. The van der Waals surface area contributed by atoms with Crippen LogP contribution in [0.25, 0.3) is 11.5 Å². The van der Waals surface area contributed by atoms with Crippen LogP contribution >= 0.6 is 0 Å². The second-order valence-corrected chi connectivity index (χ2v) is 6.43. The zero-order valence-corrected chi connectivity index (χ0v) is 16.8. The third-order valence-electron chi connectivity index (χ3n) is 3.98. The molecule has 2 heterocycles. The van der Waals surface area contributed by atoms with E-state index in [0.717, 1.165) is 5.56 Å². The Morgan fingerprint density at radius 2 is 1.94 bits per heavy atom. The van der Waals surface area contributed by atoms with Crippen molar-refractivity contribution in [3.05, 3.63) is 66.2 Å². The van der Waals surface area contributed by atoms with Gasteiger partial charge in [-0.15, -0.1) is 0 Å². The van der Waals surface area contributed by atoms with Crippen molar-refractivity contribution in [1.82, 2.24) is 20.6 Å². The van der Waals surface area contributed by atoms with Gasteiger partial charge in [0.2, 0.25) is 11.8 Å². The zero-order chi connectivity index (χ0) is 22.1. The molecule has 0 bridgehead atoms. The van der Waals surface area contributed by atoms with Gasteiger partial charge in [-0.05, 0) is 25.1 Å². The van der Waals surface area contributed by atoms with Crippen molar-refractivity contribution in [3.8, 4) is 17.3 Å². The summed E-state index contributed by atoms with van der Waals surface area (Å²) in [5.74, 6) is 0.891. The Hall–Kier alpha value is -3.56. The van der Waals surface area contributed by atoms with E-state index in [1.807, 2.05) is 37.3 Å². The van der Waals surface area contributed by atoms with Crippen molar-refractivity contribution >= 4 is 5.96 Å². The van der Waals surface area contributed by atoms with Gasteiger partial charge in [0.05, 0.1) is 18.8 Å². The lowest BCUT2D eigenvalue weighted by Gasteiger charge is -2.12. The van der Waals surface area contributed by atoms with E-state index >= 15 is 0 Å². The predicted octanol–water partition coefficient (Wildman–Crippen LogP) is 3.93. The summed E-state index contributed by atoms with van der Waals surface area (Å²) in [6.07, 6.45) is -1.51. The molecule has 2 aromatic heterocycles. The van der Waals surface area contributed by atoms with E-state index in [9.17, 15) is 13.2 Å². The van der Waals surface area contributed by atoms with Gasteiger partial charge >= 0.3 is 6.18 Å². The lowest BCUT2D eigenvalue weighted by molar-refractivity contribution is -0.154. The first-order valence-electron chi connectivity index (χ1n) is 9.60. The highest BCUT2D eigenvalue weighted by atomic mass is 19.4. The Labute approximate surface area is 177 Å². The summed E-state index contributed by atoms with van der Waals surface area (Å²) in [6.45, 7) is 1.54. The molecule has 0 fully saturated rings. The molecule has 10 heteroatoms. The van der Waals surface area contributed by atoms with Gasteiger partial charge in [0.15, 0.2) is 12.6 Å². The Balaban J connectivity index is 1.63. The molecule has 0 saturated carbocycles. The SMILES string of the molecule is CCNC(=NCc1cccnc1OCC(F)(F)F)NCc1coc(-c2ccccc2)n1. The maximum atomic E-state index is 12.4. The molecular formula is C21H22F3N5O2. The number of hydrogen-bond donors (Lipinski definition) is 2. The predicted molar refractivity (Wildman–Crippen MR) is 109 cm³/mol. The molecular weight excluding hydrogens is 411 g/mol. The Bertz CT molecular complexity index is 990. The van der Waals surface area contributed by atoms with E-state index in [0.29, 0.717) is 36.2 Å². The molecule has 0 aliphatic rings. The molecule has 31 heavy (non-hydrogen) atoms. The summed E-state index contributed by atoms with van der Waals surface area (Å²) >= 11 is 0. The average Bonchev–Trinajstić information content (AvgIpc) is 3.24. The maximum absolute atomic E-state index is 12.4. The van der Waals surface area contributed by atoms with Gasteiger partial charge in [0.1, 0.15) is 6.26 Å². The molecule has 0 radical (unpaired) electrons. The van der Waals surface area contributed by atoms with Gasteiger partial charge in [-0.2, -0.15) is 13.2 Å². The number of hydrogen-bond acceptors (Lipinski definition) is 5. The summed E-state index contributed by atoms with van der Waals surface area (Å²) in [7, 11) is 0. The quantitative estimate of drug-likeness (QED) is 0.414. The first-order valence-corrected chi connectivity index (χ1v) is 9.60. The monoisotopic (exact) mass is 433 g/mol. The van der Waals surface area contributed by atoms with Gasteiger partial charge in [-0.3, -0.25) is 0 Å². The Morgan fingerprint density at radius 1 is 1.13 bits per heavy atom. The molecule has 7 nitrogen and oxygen atoms in total. The lowest BCUT2D eigenvalue weighted by Crippen LogP contribution is -2.36. The van der Waals surface area contributed by atoms with Crippen LogP contribution in [0.5, 0.6) is 5.88 Å². The van der Waals surface area contributed by atoms with Gasteiger partial charge in [0.25, 0.3) is 0 Å². The first kappa shape index (κ1) is 22.1. The summed E-state index contributed by atoms with van der Waals surface area (Å²) in [6, 6.07) is 12.8. The molecule has 3 rings (SSSR count). The lowest BCUT2D eigenvalue weighted by atomic mass is 10.2. The van der Waals surface area contributed by atoms with E-state index in [1.54, 1.807) is 18.4 Å². The van der Waals surface area contributed by atoms with Crippen LogP contribution in [0.4, 0.5) is 13.2 Å². The summed E-state index contributed by atoms with van der Waals surface area (Å²) < 4.78 is 47.6. The zero-order valence-electron chi connectivity index (χ0n) is 16.8. The molecule has 164 valence electrons. The number of halogens is 3. The highest BCUT2D eigenvalue weighted by molar-refractivity contribution is 5.79. The number of oxazole rings is 1. The molecule has 0 spiro atoms. The van der Waals surface area contributed by atoms with E-state index < -0.39 is 12.8 Å². The van der Waals surface area contributed by atoms with Crippen LogP contribution < -0.4 is 15.4 Å². The van der Waals surface area contributed by atoms with Crippen molar-refractivity contribution in [2.75, 3.05) is 13.2 Å². The van der Waals surface area contributed by atoms with Crippen LogP contribution in [0.2, 0.25) is 0 Å². The van der Waals surface area contributed by atoms with Crippen molar-refractivity contribution in [3.63, 3.8) is 0 Å². The third kappa shape index (κ3) is 7.02. The number of nitrogens with zero attached hydrogens (tertiary/aromatic N) is 3. The van der Waals surface area contributed by atoms with Crippen molar-refractivity contribution in [2.45, 2.75) is 26.2 Å². The van der Waals surface area contributed by atoms with Crippen LogP contribution in [-0.2, 0) is 13.1 Å². The summed E-state index contributed by atoms with van der Waals surface area (Å²) in [4.78, 5) is 12.7. The maximum Gasteiger partial charge on any atom is 0.422 e. The van der Waals surface area contributed by atoms with E-state index in [-0.39, 0.29) is 12.4 Å². The highest BCUT2D eigenvalue weighted by Crippen LogP contribution is 2.21. The molecule has 2 N–H and O–H groups in total. The van der Waals surface area contributed by atoms with Crippen LogP contribution in [-0.4, -0.2) is 35.3 Å². The molecule has 0 amide bonds. The van der Waals surface area contributed by atoms with Crippen LogP contribution in [0, 0.1) is 0 Å². The topological polar surface area (TPSA) is 84.6 Å². The molecule has 0 atom stereocenters. The highest BCUT2D eigenvalue weighted by Gasteiger charge is 2.29. The number of alkyl halides is 3. The summed E-state index contributed by atoms with van der Waals surface area (Å²) in [5.41, 5.74) is 1.99. The minimum absolute atomic E-state index is 0.0877. The minimum atomic E-state index is -4.44. The first-order chi connectivity index (χ1) is 14.9. The average molecular weight is 433 g/mol. The Kier molecular flexibility index (Phi) is 7.47. The van der Waals surface area contributed by atoms with Crippen molar-refractivity contribution < 1.29 is 22.3 Å². The minimum Gasteiger partial charge on any atom is -0.468 e. The fraction of sp³-hybridized carbons (Fsp3) is 0.286. The standard InChI is InChI=1S/C21H22F3N5O2/c1-2-25-20(27-11-16-9-6-10-26-18(16)31-14-21(22,23)24)28-12-17-13-30-19(29-17)15-7-4-3-5-8-15/h3-10,13H,2,11-12,14H2,1H3,(H2,25,27,28). The van der Waals surface area contributed by atoms with E-state index in [2.05, 4.69) is 25.6 Å². The molecule has 0 saturated heterocycles. The Morgan fingerprint density at radius 3 is 2.68 bits per heavy atom.